The highest BCUT2D eigenvalue weighted by atomic mass is 19.4. The molecule has 0 atom stereocenters. The van der Waals surface area contributed by atoms with Crippen LogP contribution in [0.3, 0.4) is 0 Å². The van der Waals surface area contributed by atoms with Crippen molar-refractivity contribution in [1.82, 2.24) is 25.2 Å². The first-order valence-corrected chi connectivity index (χ1v) is 14.7. The molecule has 43 heavy (non-hydrogen) atoms. The number of halogens is 6. The minimum atomic E-state index is -4.94. The Morgan fingerprint density at radius 3 is 1.98 bits per heavy atom. The number of aromatic nitrogens is 5. The molecule has 2 fully saturated rings. The number of anilines is 2. The fraction of sp³-hybridized carbons (Fsp3) is 0.600. The molecule has 0 saturated heterocycles. The van der Waals surface area contributed by atoms with Gasteiger partial charge in [-0.1, -0.05) is 18.9 Å². The molecule has 1 aromatic carbocycles. The van der Waals surface area contributed by atoms with E-state index in [0.29, 0.717) is 11.8 Å². The van der Waals surface area contributed by atoms with Gasteiger partial charge in [0.2, 0.25) is 0 Å². The second kappa shape index (κ2) is 10.7. The summed E-state index contributed by atoms with van der Waals surface area (Å²) in [6.45, 7) is 5.98. The quantitative estimate of drug-likeness (QED) is 0.239. The van der Waals surface area contributed by atoms with Crippen molar-refractivity contribution in [3.63, 3.8) is 0 Å². The molecule has 0 spiro atoms. The van der Waals surface area contributed by atoms with E-state index in [0.717, 1.165) is 60.7 Å². The van der Waals surface area contributed by atoms with Gasteiger partial charge >= 0.3 is 12.4 Å². The minimum absolute atomic E-state index is 0.0916. The summed E-state index contributed by atoms with van der Waals surface area (Å²) in [6, 6.07) is 3.78. The Kier molecular flexibility index (Phi) is 7.36. The molecule has 3 aliphatic rings. The zero-order valence-corrected chi connectivity index (χ0v) is 24.4. The molecule has 0 bridgehead atoms. The van der Waals surface area contributed by atoms with E-state index in [1.54, 1.807) is 11.9 Å². The van der Waals surface area contributed by atoms with Gasteiger partial charge in [-0.3, -0.25) is 0 Å². The lowest BCUT2D eigenvalue weighted by molar-refractivity contribution is -0.143. The Balaban J connectivity index is 1.42. The van der Waals surface area contributed by atoms with Gasteiger partial charge in [0.05, 0.1) is 23.9 Å². The van der Waals surface area contributed by atoms with Crippen LogP contribution in [0.5, 0.6) is 0 Å². The number of alkyl halides is 6. The van der Waals surface area contributed by atoms with E-state index in [4.69, 9.17) is 4.98 Å². The average molecular weight is 608 g/mol. The number of pyridine rings is 1. The van der Waals surface area contributed by atoms with Crippen LogP contribution in [0.2, 0.25) is 0 Å². The van der Waals surface area contributed by atoms with Crippen LogP contribution in [0.4, 0.5) is 38.1 Å². The topological polar surface area (TPSA) is 63.0 Å². The molecule has 0 amide bonds. The summed E-state index contributed by atoms with van der Waals surface area (Å²) in [5, 5.41) is 12.3. The van der Waals surface area contributed by atoms with Crippen LogP contribution in [0, 0.1) is 11.8 Å². The van der Waals surface area contributed by atoms with Crippen molar-refractivity contribution >= 4 is 11.8 Å². The van der Waals surface area contributed by atoms with Gasteiger partial charge in [-0.05, 0) is 91.0 Å². The fourth-order valence-corrected chi connectivity index (χ4v) is 5.93. The second-order valence-electron chi connectivity index (χ2n) is 13.0. The van der Waals surface area contributed by atoms with E-state index in [9.17, 15) is 26.3 Å². The van der Waals surface area contributed by atoms with Crippen LogP contribution in [0.1, 0.15) is 79.5 Å². The maximum absolute atomic E-state index is 13.7. The molecule has 2 saturated carbocycles. The Morgan fingerprint density at radius 2 is 1.47 bits per heavy atom. The van der Waals surface area contributed by atoms with Crippen molar-refractivity contribution in [3.8, 4) is 0 Å². The molecular formula is C30H35F6N7. The Hall–Kier alpha value is -3.38. The standard InChI is InChI=1S/C30H35F6N7/c1-28(2)9-8-21-12-22(26(37-25(21)28)42(14-18-4-5-18)15-19-6-7-19)17-43(27-38-40-41(3)39-27)16-20-10-23(29(31,32)33)13-24(11-20)30(34,35)36/h10-13,18-19H,4-9,14-17H2,1-3H3. The second-order valence-corrected chi connectivity index (χ2v) is 13.0. The highest BCUT2D eigenvalue weighted by molar-refractivity contribution is 5.54. The number of benzene rings is 1. The highest BCUT2D eigenvalue weighted by Gasteiger charge is 2.38. The highest BCUT2D eigenvalue weighted by Crippen LogP contribution is 2.42. The molecule has 13 heteroatoms. The molecule has 0 aliphatic heterocycles. The summed E-state index contributed by atoms with van der Waals surface area (Å²) in [4.78, 5) is 10.4. The normalized spacial score (nSPS) is 18.2. The SMILES string of the molecule is Cn1nnc(N(Cc2cc(C(F)(F)F)cc(C(F)(F)F)c2)Cc2cc3c(nc2N(CC2CC2)CC2CC2)C(C)(C)CC3)n1. The van der Waals surface area contributed by atoms with E-state index in [-0.39, 0.29) is 36.1 Å². The molecular weight excluding hydrogens is 572 g/mol. The number of tetrazole rings is 1. The van der Waals surface area contributed by atoms with Crippen molar-refractivity contribution in [3.05, 3.63) is 57.8 Å². The number of hydrogen-bond donors (Lipinski definition) is 0. The summed E-state index contributed by atoms with van der Waals surface area (Å²) in [5.74, 6) is 2.13. The van der Waals surface area contributed by atoms with Crippen LogP contribution in [0.15, 0.2) is 24.3 Å². The summed E-state index contributed by atoms with van der Waals surface area (Å²) < 4.78 is 82.0. The van der Waals surface area contributed by atoms with Gasteiger partial charge < -0.3 is 9.80 Å². The summed E-state index contributed by atoms with van der Waals surface area (Å²) in [5.41, 5.74) is 0.0725. The first kappa shape index (κ1) is 29.7. The van der Waals surface area contributed by atoms with E-state index in [2.05, 4.69) is 40.2 Å². The lowest BCUT2D eigenvalue weighted by atomic mass is 9.90. The molecule has 0 unspecified atom stereocenters. The predicted octanol–water partition coefficient (Wildman–Crippen LogP) is 6.70. The van der Waals surface area contributed by atoms with Crippen LogP contribution in [0.25, 0.3) is 0 Å². The third kappa shape index (κ3) is 6.75. The maximum Gasteiger partial charge on any atom is 0.416 e. The summed E-state index contributed by atoms with van der Waals surface area (Å²) in [6.07, 6.45) is -3.43. The third-order valence-corrected chi connectivity index (χ3v) is 8.63. The van der Waals surface area contributed by atoms with Gasteiger partial charge in [-0.25, -0.2) is 4.98 Å². The van der Waals surface area contributed by atoms with Gasteiger partial charge in [0.25, 0.3) is 5.95 Å². The Labute approximate surface area is 246 Å². The lowest BCUT2D eigenvalue weighted by Crippen LogP contribution is -2.32. The Morgan fingerprint density at radius 1 is 0.860 bits per heavy atom. The monoisotopic (exact) mass is 607 g/mol. The van der Waals surface area contributed by atoms with Gasteiger partial charge in [-0.2, -0.15) is 31.1 Å². The molecule has 0 N–H and O–H groups in total. The molecule has 7 nitrogen and oxygen atoms in total. The number of nitrogens with zero attached hydrogens (tertiary/aromatic N) is 7. The average Bonchev–Trinajstić information content (AvgIpc) is 3.84. The van der Waals surface area contributed by atoms with Crippen molar-refractivity contribution in [2.24, 2.45) is 18.9 Å². The number of fused-ring (bicyclic) bond motifs is 1. The van der Waals surface area contributed by atoms with Crippen LogP contribution < -0.4 is 9.80 Å². The molecule has 3 aliphatic carbocycles. The van der Waals surface area contributed by atoms with Gasteiger partial charge in [-0.15, -0.1) is 5.10 Å². The van der Waals surface area contributed by atoms with Crippen molar-refractivity contribution in [2.75, 3.05) is 22.9 Å². The molecule has 232 valence electrons. The van der Waals surface area contributed by atoms with Crippen LogP contribution >= 0.6 is 0 Å². The summed E-state index contributed by atoms with van der Waals surface area (Å²) in [7, 11) is 1.55. The predicted molar refractivity (Wildman–Crippen MR) is 148 cm³/mol. The smallest absolute Gasteiger partial charge is 0.356 e. The Bertz CT molecular complexity index is 1440. The van der Waals surface area contributed by atoms with Crippen LogP contribution in [-0.2, 0) is 44.3 Å². The van der Waals surface area contributed by atoms with Gasteiger partial charge in [0, 0.05) is 37.2 Å². The molecule has 2 heterocycles. The number of aryl methyl sites for hydroxylation is 2. The largest absolute Gasteiger partial charge is 0.416 e. The lowest BCUT2D eigenvalue weighted by Gasteiger charge is -2.30. The van der Waals surface area contributed by atoms with Crippen molar-refractivity contribution < 1.29 is 26.3 Å². The van der Waals surface area contributed by atoms with E-state index in [1.807, 2.05) is 0 Å². The van der Waals surface area contributed by atoms with Crippen LogP contribution in [-0.4, -0.2) is 38.3 Å². The zero-order chi connectivity index (χ0) is 30.7. The van der Waals surface area contributed by atoms with E-state index >= 15 is 0 Å². The van der Waals surface area contributed by atoms with E-state index < -0.39 is 23.5 Å². The van der Waals surface area contributed by atoms with Gasteiger partial charge in [0.15, 0.2) is 0 Å². The van der Waals surface area contributed by atoms with Crippen molar-refractivity contribution in [2.45, 2.75) is 83.2 Å². The number of rotatable bonds is 10. The molecule has 6 rings (SSSR count). The zero-order valence-electron chi connectivity index (χ0n) is 24.4. The summed E-state index contributed by atoms with van der Waals surface area (Å²) >= 11 is 0. The third-order valence-electron chi connectivity index (χ3n) is 8.63. The van der Waals surface area contributed by atoms with Gasteiger partial charge in [0.1, 0.15) is 5.82 Å². The number of hydrogen-bond acceptors (Lipinski definition) is 6. The van der Waals surface area contributed by atoms with Crippen molar-refractivity contribution in [1.29, 1.82) is 0 Å². The molecule has 2 aromatic heterocycles. The van der Waals surface area contributed by atoms with E-state index in [1.165, 1.54) is 30.5 Å². The first-order valence-electron chi connectivity index (χ1n) is 14.7. The first-order chi connectivity index (χ1) is 20.2. The molecule has 3 aromatic rings. The molecule has 0 radical (unpaired) electrons. The fourth-order valence-electron chi connectivity index (χ4n) is 5.93. The maximum atomic E-state index is 13.7. The minimum Gasteiger partial charge on any atom is -0.356 e.